The molecule has 0 saturated carbocycles. The maximum atomic E-state index is 13.4. The standard InChI is InChI=1S/C12H14BrFN2O2.ClH/c13-8-1-2-11(10(14)5-8)18-7-12(17)16-4-3-9(15)6-16;/h1-2,5,9H,3-4,6-7,15H2;1H. The summed E-state index contributed by atoms with van der Waals surface area (Å²) in [4.78, 5) is 13.4. The zero-order valence-electron chi connectivity index (χ0n) is 10.1. The molecule has 1 fully saturated rings. The predicted octanol–water partition coefficient (Wildman–Crippen LogP) is 1.95. The van der Waals surface area contributed by atoms with E-state index in [1.165, 1.54) is 12.1 Å². The molecule has 1 amide bonds. The molecule has 1 aliphatic heterocycles. The Bertz CT molecular complexity index is 461. The van der Waals surface area contributed by atoms with Gasteiger partial charge in [-0.2, -0.15) is 0 Å². The molecule has 0 radical (unpaired) electrons. The minimum absolute atomic E-state index is 0. The van der Waals surface area contributed by atoms with E-state index in [9.17, 15) is 9.18 Å². The van der Waals surface area contributed by atoms with Crippen LogP contribution in [0.5, 0.6) is 5.75 Å². The summed E-state index contributed by atoms with van der Waals surface area (Å²) >= 11 is 3.15. The number of carbonyl (C=O) groups excluding carboxylic acids is 1. The van der Waals surface area contributed by atoms with Crippen molar-refractivity contribution in [2.75, 3.05) is 19.7 Å². The van der Waals surface area contributed by atoms with Gasteiger partial charge >= 0.3 is 0 Å². The fraction of sp³-hybridized carbons (Fsp3) is 0.417. The average molecular weight is 354 g/mol. The number of benzene rings is 1. The Kier molecular flexibility index (Phi) is 6.03. The highest BCUT2D eigenvalue weighted by molar-refractivity contribution is 9.10. The van der Waals surface area contributed by atoms with Gasteiger partial charge in [-0.05, 0) is 24.6 Å². The lowest BCUT2D eigenvalue weighted by Gasteiger charge is -2.16. The topological polar surface area (TPSA) is 55.6 Å². The molecular weight excluding hydrogens is 338 g/mol. The Balaban J connectivity index is 0.00000180. The molecule has 4 nitrogen and oxygen atoms in total. The van der Waals surface area contributed by atoms with Crippen molar-refractivity contribution in [3.63, 3.8) is 0 Å². The summed E-state index contributed by atoms with van der Waals surface area (Å²) in [5.41, 5.74) is 5.71. The highest BCUT2D eigenvalue weighted by atomic mass is 79.9. The fourth-order valence-electron chi connectivity index (χ4n) is 1.84. The molecule has 0 aromatic heterocycles. The van der Waals surface area contributed by atoms with Crippen molar-refractivity contribution in [2.24, 2.45) is 5.73 Å². The van der Waals surface area contributed by atoms with E-state index >= 15 is 0 Å². The second-order valence-corrected chi connectivity index (χ2v) is 5.17. The van der Waals surface area contributed by atoms with Crippen LogP contribution in [0.25, 0.3) is 0 Å². The van der Waals surface area contributed by atoms with Crippen LogP contribution >= 0.6 is 28.3 Å². The minimum atomic E-state index is -0.490. The van der Waals surface area contributed by atoms with Gasteiger partial charge in [-0.15, -0.1) is 12.4 Å². The normalized spacial score (nSPS) is 18.1. The smallest absolute Gasteiger partial charge is 0.260 e. The van der Waals surface area contributed by atoms with Gasteiger partial charge in [-0.1, -0.05) is 15.9 Å². The van der Waals surface area contributed by atoms with E-state index < -0.39 is 5.82 Å². The molecule has 2 N–H and O–H groups in total. The number of ether oxygens (including phenoxy) is 1. The molecule has 1 aromatic carbocycles. The van der Waals surface area contributed by atoms with Crippen molar-refractivity contribution < 1.29 is 13.9 Å². The number of carbonyl (C=O) groups is 1. The molecule has 1 aromatic rings. The molecule has 1 atom stereocenters. The number of rotatable bonds is 3. The Hall–Kier alpha value is -0.850. The van der Waals surface area contributed by atoms with E-state index in [4.69, 9.17) is 10.5 Å². The van der Waals surface area contributed by atoms with Crippen molar-refractivity contribution in [1.29, 1.82) is 0 Å². The van der Waals surface area contributed by atoms with Crippen LogP contribution in [0.1, 0.15) is 6.42 Å². The van der Waals surface area contributed by atoms with E-state index in [1.54, 1.807) is 11.0 Å². The van der Waals surface area contributed by atoms with E-state index in [0.29, 0.717) is 17.6 Å². The molecule has 19 heavy (non-hydrogen) atoms. The zero-order chi connectivity index (χ0) is 13.1. The lowest BCUT2D eigenvalue weighted by molar-refractivity contribution is -0.132. The second kappa shape index (κ2) is 7.07. The van der Waals surface area contributed by atoms with Gasteiger partial charge in [0.25, 0.3) is 5.91 Å². The molecule has 1 unspecified atom stereocenters. The predicted molar refractivity (Wildman–Crippen MR) is 76.0 cm³/mol. The number of hydrogen-bond acceptors (Lipinski definition) is 3. The SMILES string of the molecule is Cl.NC1CCN(C(=O)COc2ccc(Br)cc2F)C1. The summed E-state index contributed by atoms with van der Waals surface area (Å²) in [6, 6.07) is 4.49. The first-order valence-corrected chi connectivity index (χ1v) is 6.47. The Morgan fingerprint density at radius 1 is 1.58 bits per heavy atom. The van der Waals surface area contributed by atoms with Gasteiger partial charge < -0.3 is 15.4 Å². The molecular formula is C12H15BrClFN2O2. The molecule has 1 heterocycles. The number of halogens is 3. The average Bonchev–Trinajstić information content (AvgIpc) is 2.74. The van der Waals surface area contributed by atoms with Crippen LogP contribution in [0.2, 0.25) is 0 Å². The Morgan fingerprint density at radius 3 is 2.89 bits per heavy atom. The van der Waals surface area contributed by atoms with Gasteiger partial charge in [0, 0.05) is 23.6 Å². The van der Waals surface area contributed by atoms with Crippen molar-refractivity contribution in [3.05, 3.63) is 28.5 Å². The van der Waals surface area contributed by atoms with Crippen LogP contribution in [0.4, 0.5) is 4.39 Å². The summed E-state index contributed by atoms with van der Waals surface area (Å²) in [7, 11) is 0. The number of hydrogen-bond donors (Lipinski definition) is 1. The van der Waals surface area contributed by atoms with Gasteiger partial charge in [0.1, 0.15) is 0 Å². The molecule has 1 aliphatic rings. The minimum Gasteiger partial charge on any atom is -0.481 e. The van der Waals surface area contributed by atoms with Crippen LogP contribution in [0, 0.1) is 5.82 Å². The van der Waals surface area contributed by atoms with E-state index in [-0.39, 0.29) is 36.7 Å². The fourth-order valence-corrected chi connectivity index (χ4v) is 2.17. The van der Waals surface area contributed by atoms with Gasteiger partial charge in [0.05, 0.1) is 0 Å². The third kappa shape index (κ3) is 4.33. The van der Waals surface area contributed by atoms with Gasteiger partial charge in [-0.25, -0.2) is 4.39 Å². The van der Waals surface area contributed by atoms with Gasteiger partial charge in [-0.3, -0.25) is 4.79 Å². The summed E-state index contributed by atoms with van der Waals surface area (Å²) < 4.78 is 19.2. The van der Waals surface area contributed by atoms with Gasteiger partial charge in [0.15, 0.2) is 18.2 Å². The van der Waals surface area contributed by atoms with Crippen LogP contribution in [0.3, 0.4) is 0 Å². The van der Waals surface area contributed by atoms with Crippen LogP contribution in [-0.2, 0) is 4.79 Å². The van der Waals surface area contributed by atoms with Crippen LogP contribution in [-0.4, -0.2) is 36.5 Å². The number of nitrogens with zero attached hydrogens (tertiary/aromatic N) is 1. The molecule has 7 heteroatoms. The monoisotopic (exact) mass is 352 g/mol. The molecule has 2 rings (SSSR count). The third-order valence-electron chi connectivity index (χ3n) is 2.82. The first-order valence-electron chi connectivity index (χ1n) is 5.67. The van der Waals surface area contributed by atoms with Crippen molar-refractivity contribution in [2.45, 2.75) is 12.5 Å². The lowest BCUT2D eigenvalue weighted by atomic mass is 10.3. The second-order valence-electron chi connectivity index (χ2n) is 4.25. The van der Waals surface area contributed by atoms with E-state index in [0.717, 1.165) is 6.42 Å². The van der Waals surface area contributed by atoms with Crippen LogP contribution < -0.4 is 10.5 Å². The van der Waals surface area contributed by atoms with Crippen LogP contribution in [0.15, 0.2) is 22.7 Å². The van der Waals surface area contributed by atoms with Crippen molar-refractivity contribution in [1.82, 2.24) is 4.90 Å². The zero-order valence-corrected chi connectivity index (χ0v) is 12.5. The van der Waals surface area contributed by atoms with E-state index in [2.05, 4.69) is 15.9 Å². The first-order chi connectivity index (χ1) is 8.56. The summed E-state index contributed by atoms with van der Waals surface area (Å²) in [6.45, 7) is 1.03. The lowest BCUT2D eigenvalue weighted by Crippen LogP contribution is -2.35. The van der Waals surface area contributed by atoms with Gasteiger partial charge in [0.2, 0.25) is 0 Å². The Labute approximate surface area is 125 Å². The first kappa shape index (κ1) is 16.2. The maximum absolute atomic E-state index is 13.4. The number of likely N-dealkylation sites (tertiary alicyclic amines) is 1. The largest absolute Gasteiger partial charge is 0.481 e. The summed E-state index contributed by atoms with van der Waals surface area (Å²) in [6.07, 6.45) is 0.804. The molecule has 1 saturated heterocycles. The molecule has 0 spiro atoms. The maximum Gasteiger partial charge on any atom is 0.260 e. The van der Waals surface area contributed by atoms with Crippen molar-refractivity contribution in [3.8, 4) is 5.75 Å². The third-order valence-corrected chi connectivity index (χ3v) is 3.32. The Morgan fingerprint density at radius 2 is 2.32 bits per heavy atom. The molecule has 0 aliphatic carbocycles. The molecule has 0 bridgehead atoms. The highest BCUT2D eigenvalue weighted by Gasteiger charge is 2.23. The van der Waals surface area contributed by atoms with E-state index in [1.807, 2.05) is 0 Å². The number of amides is 1. The summed E-state index contributed by atoms with van der Waals surface area (Å²) in [5, 5.41) is 0. The quantitative estimate of drug-likeness (QED) is 0.903. The summed E-state index contributed by atoms with van der Waals surface area (Å²) in [5.74, 6) is -0.574. The number of nitrogens with two attached hydrogens (primary N) is 1. The highest BCUT2D eigenvalue weighted by Crippen LogP contribution is 2.21. The van der Waals surface area contributed by atoms with Crippen molar-refractivity contribution >= 4 is 34.2 Å². The molecule has 106 valence electrons.